The van der Waals surface area contributed by atoms with Crippen LogP contribution in [0, 0.1) is 6.92 Å². The molecule has 4 aromatic rings. The molecule has 7 heteroatoms. The van der Waals surface area contributed by atoms with Gasteiger partial charge in [-0.05, 0) is 49.9 Å². The third-order valence-electron chi connectivity index (χ3n) is 6.20. The summed E-state index contributed by atoms with van der Waals surface area (Å²) in [4.78, 5) is 23.4. The molecule has 0 amide bonds. The van der Waals surface area contributed by atoms with Gasteiger partial charge in [0.2, 0.25) is 0 Å². The highest BCUT2D eigenvalue weighted by molar-refractivity contribution is 5.73. The number of rotatable bonds is 5. The minimum absolute atomic E-state index is 0.590. The van der Waals surface area contributed by atoms with E-state index in [0.717, 1.165) is 65.8 Å². The molecule has 0 radical (unpaired) electrons. The van der Waals surface area contributed by atoms with Gasteiger partial charge in [-0.1, -0.05) is 18.2 Å². The number of benzene rings is 1. The maximum atomic E-state index is 4.81. The van der Waals surface area contributed by atoms with Crippen molar-refractivity contribution in [3.63, 3.8) is 0 Å². The maximum absolute atomic E-state index is 4.81. The Balaban J connectivity index is 1.44. The minimum Gasteiger partial charge on any atom is -0.373 e. The summed E-state index contributed by atoms with van der Waals surface area (Å²) < 4.78 is 0. The molecule has 1 aliphatic heterocycles. The summed E-state index contributed by atoms with van der Waals surface area (Å²) in [5.74, 6) is 1.33. The first-order valence-corrected chi connectivity index (χ1v) is 11.6. The van der Waals surface area contributed by atoms with Crippen LogP contribution in [0.3, 0.4) is 0 Å². The maximum Gasteiger partial charge on any atom is 0.180 e. The van der Waals surface area contributed by atoms with Gasteiger partial charge < -0.3 is 15.1 Å². The van der Waals surface area contributed by atoms with Crippen molar-refractivity contribution in [3.8, 4) is 33.9 Å². The van der Waals surface area contributed by atoms with Crippen molar-refractivity contribution in [2.45, 2.75) is 6.92 Å². The molecule has 0 spiro atoms. The molecule has 4 heterocycles. The zero-order valence-corrected chi connectivity index (χ0v) is 19.9. The number of hydrogen-bond acceptors (Lipinski definition) is 7. The summed E-state index contributed by atoms with van der Waals surface area (Å²) in [7, 11) is 4.04. The van der Waals surface area contributed by atoms with Gasteiger partial charge in [0.25, 0.3) is 0 Å². The molecule has 7 nitrogen and oxygen atoms in total. The van der Waals surface area contributed by atoms with E-state index in [0.29, 0.717) is 5.82 Å². The molecule has 1 aromatic carbocycles. The molecule has 1 fully saturated rings. The van der Waals surface area contributed by atoms with E-state index in [4.69, 9.17) is 4.98 Å². The average molecular weight is 452 g/mol. The Bertz CT molecular complexity index is 1280. The van der Waals surface area contributed by atoms with E-state index in [1.165, 1.54) is 5.69 Å². The SMILES string of the molecule is CNc1cc(-c2cncc(-c3ccc(N4CCN(C)CC4)cc3)c2)nc(-c2cccc(C)n2)n1. The number of anilines is 2. The van der Waals surface area contributed by atoms with Crippen LogP contribution < -0.4 is 10.2 Å². The van der Waals surface area contributed by atoms with Gasteiger partial charge in [0, 0.05) is 74.2 Å². The summed E-state index contributed by atoms with van der Waals surface area (Å²) in [6.45, 7) is 6.29. The van der Waals surface area contributed by atoms with Gasteiger partial charge in [-0.15, -0.1) is 0 Å². The summed E-state index contributed by atoms with van der Waals surface area (Å²) in [6, 6.07) is 18.7. The molecule has 0 saturated carbocycles. The molecule has 1 aliphatic rings. The molecule has 0 aliphatic carbocycles. The number of hydrogen-bond donors (Lipinski definition) is 1. The second-order valence-corrected chi connectivity index (χ2v) is 8.68. The van der Waals surface area contributed by atoms with Crippen molar-refractivity contribution < 1.29 is 0 Å². The van der Waals surface area contributed by atoms with Crippen LogP contribution in [-0.2, 0) is 0 Å². The Morgan fingerprint density at radius 2 is 1.53 bits per heavy atom. The first-order chi connectivity index (χ1) is 16.6. The third-order valence-corrected chi connectivity index (χ3v) is 6.20. The van der Waals surface area contributed by atoms with E-state index in [1.807, 2.05) is 50.6 Å². The largest absolute Gasteiger partial charge is 0.373 e. The lowest BCUT2D eigenvalue weighted by Gasteiger charge is -2.34. The zero-order chi connectivity index (χ0) is 23.5. The molecular weight excluding hydrogens is 422 g/mol. The fraction of sp³-hybridized carbons (Fsp3) is 0.259. The predicted molar refractivity (Wildman–Crippen MR) is 138 cm³/mol. The van der Waals surface area contributed by atoms with Gasteiger partial charge in [0.15, 0.2) is 5.82 Å². The smallest absolute Gasteiger partial charge is 0.180 e. The molecule has 0 unspecified atom stereocenters. The van der Waals surface area contributed by atoms with Gasteiger partial charge in [-0.2, -0.15) is 0 Å². The molecule has 34 heavy (non-hydrogen) atoms. The first kappa shape index (κ1) is 22.0. The van der Waals surface area contributed by atoms with Crippen molar-refractivity contribution in [1.29, 1.82) is 0 Å². The highest BCUT2D eigenvalue weighted by Gasteiger charge is 2.15. The Kier molecular flexibility index (Phi) is 6.18. The van der Waals surface area contributed by atoms with Crippen LogP contribution in [0.1, 0.15) is 5.69 Å². The van der Waals surface area contributed by atoms with Crippen LogP contribution in [0.2, 0.25) is 0 Å². The minimum atomic E-state index is 0.590. The monoisotopic (exact) mass is 451 g/mol. The van der Waals surface area contributed by atoms with E-state index in [-0.39, 0.29) is 0 Å². The molecule has 1 N–H and O–H groups in total. The fourth-order valence-electron chi connectivity index (χ4n) is 4.17. The number of likely N-dealkylation sites (N-methyl/N-ethyl adjacent to an activating group) is 1. The van der Waals surface area contributed by atoms with Crippen molar-refractivity contribution >= 4 is 11.5 Å². The lowest BCUT2D eigenvalue weighted by Crippen LogP contribution is -2.44. The lowest BCUT2D eigenvalue weighted by molar-refractivity contribution is 0.313. The number of piperazine rings is 1. The Morgan fingerprint density at radius 1 is 0.765 bits per heavy atom. The molecule has 0 bridgehead atoms. The topological polar surface area (TPSA) is 70.1 Å². The fourth-order valence-corrected chi connectivity index (χ4v) is 4.17. The van der Waals surface area contributed by atoms with Crippen molar-refractivity contribution in [2.24, 2.45) is 0 Å². The second-order valence-electron chi connectivity index (χ2n) is 8.68. The first-order valence-electron chi connectivity index (χ1n) is 11.6. The highest BCUT2D eigenvalue weighted by atomic mass is 15.2. The van der Waals surface area contributed by atoms with E-state index in [2.05, 4.69) is 67.4 Å². The highest BCUT2D eigenvalue weighted by Crippen LogP contribution is 2.28. The molecule has 172 valence electrons. The van der Waals surface area contributed by atoms with Crippen LogP contribution in [-0.4, -0.2) is 65.1 Å². The van der Waals surface area contributed by atoms with Gasteiger partial charge in [0.1, 0.15) is 11.5 Å². The molecule has 5 rings (SSSR count). The van der Waals surface area contributed by atoms with Crippen LogP contribution >= 0.6 is 0 Å². The average Bonchev–Trinajstić information content (AvgIpc) is 2.89. The normalized spacial score (nSPS) is 14.3. The summed E-state index contributed by atoms with van der Waals surface area (Å²) >= 11 is 0. The van der Waals surface area contributed by atoms with E-state index in [1.54, 1.807) is 0 Å². The Morgan fingerprint density at radius 3 is 2.26 bits per heavy atom. The molecule has 0 atom stereocenters. The number of nitrogens with zero attached hydrogens (tertiary/aromatic N) is 6. The van der Waals surface area contributed by atoms with E-state index < -0.39 is 0 Å². The molecule has 3 aromatic heterocycles. The molecular formula is C27H29N7. The Labute approximate surface area is 200 Å². The lowest BCUT2D eigenvalue weighted by atomic mass is 10.0. The van der Waals surface area contributed by atoms with Crippen molar-refractivity contribution in [2.75, 3.05) is 50.5 Å². The predicted octanol–water partition coefficient (Wildman–Crippen LogP) is 4.37. The van der Waals surface area contributed by atoms with Crippen LogP contribution in [0.5, 0.6) is 0 Å². The summed E-state index contributed by atoms with van der Waals surface area (Å²) in [5.41, 5.74) is 6.89. The summed E-state index contributed by atoms with van der Waals surface area (Å²) in [5, 5.41) is 3.14. The molecule has 1 saturated heterocycles. The van der Waals surface area contributed by atoms with Crippen LogP contribution in [0.15, 0.2) is 67.0 Å². The Hall–Kier alpha value is -3.84. The zero-order valence-electron chi connectivity index (χ0n) is 19.9. The number of pyridine rings is 2. The van der Waals surface area contributed by atoms with Gasteiger partial charge in [-0.25, -0.2) is 15.0 Å². The number of nitrogens with one attached hydrogen (secondary N) is 1. The number of aryl methyl sites for hydroxylation is 1. The van der Waals surface area contributed by atoms with Crippen molar-refractivity contribution in [3.05, 3.63) is 72.7 Å². The van der Waals surface area contributed by atoms with Gasteiger partial charge in [0.05, 0.1) is 5.69 Å². The summed E-state index contributed by atoms with van der Waals surface area (Å²) in [6.07, 6.45) is 3.74. The van der Waals surface area contributed by atoms with E-state index >= 15 is 0 Å². The quantitative estimate of drug-likeness (QED) is 0.483. The van der Waals surface area contributed by atoms with Crippen LogP contribution in [0.25, 0.3) is 33.9 Å². The van der Waals surface area contributed by atoms with Gasteiger partial charge >= 0.3 is 0 Å². The number of aromatic nitrogens is 4. The second kappa shape index (κ2) is 9.57. The van der Waals surface area contributed by atoms with Crippen molar-refractivity contribution in [1.82, 2.24) is 24.8 Å². The van der Waals surface area contributed by atoms with Crippen LogP contribution in [0.4, 0.5) is 11.5 Å². The standard InChI is InChI=1S/C27H29N7/c1-19-5-4-6-24(30-19)27-31-25(16-26(28-2)32-27)22-15-21(17-29-18-22)20-7-9-23(10-8-20)34-13-11-33(3)12-14-34/h4-10,15-18H,11-14H2,1-3H3,(H,28,31,32). The van der Waals surface area contributed by atoms with Gasteiger partial charge in [-0.3, -0.25) is 4.98 Å². The third kappa shape index (κ3) is 4.75. The van der Waals surface area contributed by atoms with E-state index in [9.17, 15) is 0 Å².